The highest BCUT2D eigenvalue weighted by Gasteiger charge is 2.29. The van der Waals surface area contributed by atoms with Gasteiger partial charge in [-0.1, -0.05) is 18.2 Å². The lowest BCUT2D eigenvalue weighted by molar-refractivity contribution is -0.117. The molecule has 1 aliphatic carbocycles. The largest absolute Gasteiger partial charge is 0.478 e. The van der Waals surface area contributed by atoms with Crippen molar-refractivity contribution in [3.63, 3.8) is 0 Å². The summed E-state index contributed by atoms with van der Waals surface area (Å²) in [7, 11) is 0. The number of urea groups is 1. The first kappa shape index (κ1) is 18.4. The molecule has 3 rings (SSSR count). The molecule has 0 aromatic heterocycles. The minimum atomic E-state index is -0.989. The number of carbonyl (C=O) groups is 3. The van der Waals surface area contributed by atoms with Crippen molar-refractivity contribution in [1.29, 1.82) is 0 Å². The number of nitrogens with one attached hydrogen (secondary N) is 3. The highest BCUT2D eigenvalue weighted by molar-refractivity contribution is 5.96. The predicted molar refractivity (Wildman–Crippen MR) is 102 cm³/mol. The minimum Gasteiger partial charge on any atom is -0.478 e. The van der Waals surface area contributed by atoms with E-state index in [0.717, 1.165) is 24.0 Å². The van der Waals surface area contributed by atoms with Crippen molar-refractivity contribution in [2.75, 3.05) is 10.6 Å². The molecule has 2 aromatic carbocycles. The summed E-state index contributed by atoms with van der Waals surface area (Å²) in [5.74, 6) is -0.867. The van der Waals surface area contributed by atoms with Crippen LogP contribution in [0.25, 0.3) is 0 Å². The number of carboxylic acids is 1. The maximum atomic E-state index is 12.2. The molecule has 0 bridgehead atoms. The highest BCUT2D eigenvalue weighted by atomic mass is 16.4. The fraction of sp³-hybridized carbons (Fsp3) is 0.250. The molecule has 140 valence electrons. The highest BCUT2D eigenvalue weighted by Crippen LogP contribution is 2.30. The van der Waals surface area contributed by atoms with Gasteiger partial charge in [-0.05, 0) is 55.2 Å². The van der Waals surface area contributed by atoms with E-state index in [9.17, 15) is 14.4 Å². The molecule has 2 aromatic rings. The Morgan fingerprint density at radius 3 is 2.37 bits per heavy atom. The normalized spacial score (nSPS) is 12.9. The number of anilines is 2. The second-order valence-electron chi connectivity index (χ2n) is 6.60. The van der Waals surface area contributed by atoms with Crippen molar-refractivity contribution in [2.45, 2.75) is 26.3 Å². The van der Waals surface area contributed by atoms with Crippen LogP contribution in [-0.4, -0.2) is 23.0 Å². The predicted octanol–water partition coefficient (Wildman–Crippen LogP) is 3.36. The quantitative estimate of drug-likeness (QED) is 0.628. The Kier molecular flexibility index (Phi) is 5.40. The molecule has 1 aliphatic rings. The van der Waals surface area contributed by atoms with Crippen LogP contribution in [0.3, 0.4) is 0 Å². The Morgan fingerprint density at radius 1 is 1.04 bits per heavy atom. The van der Waals surface area contributed by atoms with Gasteiger partial charge in [-0.25, -0.2) is 9.59 Å². The Morgan fingerprint density at radius 2 is 1.74 bits per heavy atom. The van der Waals surface area contributed by atoms with Crippen molar-refractivity contribution in [1.82, 2.24) is 5.32 Å². The summed E-state index contributed by atoms with van der Waals surface area (Å²) < 4.78 is 0. The molecular weight excluding hydrogens is 346 g/mol. The summed E-state index contributed by atoms with van der Waals surface area (Å²) in [6.07, 6.45) is 1.86. The molecule has 4 N–H and O–H groups in total. The molecule has 27 heavy (non-hydrogen) atoms. The summed E-state index contributed by atoms with van der Waals surface area (Å²) in [5, 5.41) is 17.2. The van der Waals surface area contributed by atoms with Crippen LogP contribution in [0.2, 0.25) is 0 Å². The Balaban J connectivity index is 1.56. The minimum absolute atomic E-state index is 0.0130. The van der Waals surface area contributed by atoms with Crippen LogP contribution >= 0.6 is 0 Å². The number of aromatic carboxylic acids is 1. The fourth-order valence-corrected chi connectivity index (χ4v) is 2.54. The summed E-state index contributed by atoms with van der Waals surface area (Å²) in [6.45, 7) is 2.13. The van der Waals surface area contributed by atoms with Gasteiger partial charge in [0.2, 0.25) is 5.91 Å². The van der Waals surface area contributed by atoms with Crippen molar-refractivity contribution < 1.29 is 19.5 Å². The van der Waals surface area contributed by atoms with Gasteiger partial charge in [0.15, 0.2) is 0 Å². The van der Waals surface area contributed by atoms with E-state index in [1.165, 1.54) is 12.1 Å². The maximum absolute atomic E-state index is 12.2. The van der Waals surface area contributed by atoms with E-state index in [1.54, 1.807) is 18.2 Å². The molecule has 0 unspecified atom stereocenters. The zero-order chi connectivity index (χ0) is 19.4. The van der Waals surface area contributed by atoms with Gasteiger partial charge in [-0.2, -0.15) is 0 Å². The molecule has 7 nitrogen and oxygen atoms in total. The zero-order valence-electron chi connectivity index (χ0n) is 14.9. The van der Waals surface area contributed by atoms with Gasteiger partial charge in [0, 0.05) is 23.8 Å². The molecule has 0 spiro atoms. The van der Waals surface area contributed by atoms with E-state index < -0.39 is 5.97 Å². The van der Waals surface area contributed by atoms with Crippen LogP contribution in [0.1, 0.15) is 34.3 Å². The second kappa shape index (κ2) is 7.90. The van der Waals surface area contributed by atoms with Crippen molar-refractivity contribution >= 4 is 29.3 Å². The summed E-state index contributed by atoms with van der Waals surface area (Å²) in [4.78, 5) is 34.9. The molecule has 0 radical (unpaired) electrons. The van der Waals surface area contributed by atoms with E-state index in [4.69, 9.17) is 5.11 Å². The number of hydrogen-bond donors (Lipinski definition) is 4. The monoisotopic (exact) mass is 367 g/mol. The number of carbonyl (C=O) groups excluding carboxylic acids is 2. The van der Waals surface area contributed by atoms with Crippen LogP contribution in [-0.2, 0) is 11.3 Å². The Hall–Kier alpha value is -3.35. The lowest BCUT2D eigenvalue weighted by atomic mass is 10.1. The van der Waals surface area contributed by atoms with Crippen molar-refractivity contribution in [3.05, 3.63) is 59.2 Å². The zero-order valence-corrected chi connectivity index (χ0v) is 14.9. The number of aryl methyl sites for hydroxylation is 1. The topological polar surface area (TPSA) is 108 Å². The maximum Gasteiger partial charge on any atom is 0.335 e. The first-order valence-corrected chi connectivity index (χ1v) is 8.71. The number of hydrogen-bond acceptors (Lipinski definition) is 3. The third kappa shape index (κ3) is 5.07. The van der Waals surface area contributed by atoms with E-state index in [2.05, 4.69) is 16.0 Å². The van der Waals surface area contributed by atoms with E-state index in [1.807, 2.05) is 19.1 Å². The number of carboxylic acid groups (broad SMARTS) is 1. The van der Waals surface area contributed by atoms with Gasteiger partial charge >= 0.3 is 12.0 Å². The van der Waals surface area contributed by atoms with Crippen LogP contribution in [0.5, 0.6) is 0 Å². The summed E-state index contributed by atoms with van der Waals surface area (Å²) >= 11 is 0. The fourth-order valence-electron chi connectivity index (χ4n) is 2.54. The Bertz CT molecular complexity index is 873. The molecule has 0 saturated heterocycles. The van der Waals surface area contributed by atoms with Crippen molar-refractivity contribution in [3.8, 4) is 0 Å². The smallest absolute Gasteiger partial charge is 0.335 e. The van der Waals surface area contributed by atoms with Crippen LogP contribution in [0.4, 0.5) is 16.2 Å². The van der Waals surface area contributed by atoms with E-state index in [-0.39, 0.29) is 30.0 Å². The molecule has 7 heteroatoms. The van der Waals surface area contributed by atoms with Gasteiger partial charge < -0.3 is 21.1 Å². The number of benzene rings is 2. The first-order valence-electron chi connectivity index (χ1n) is 8.71. The van der Waals surface area contributed by atoms with Gasteiger partial charge in [0.05, 0.1) is 5.56 Å². The summed E-state index contributed by atoms with van der Waals surface area (Å²) in [6, 6.07) is 11.3. The van der Waals surface area contributed by atoms with E-state index in [0.29, 0.717) is 11.4 Å². The summed E-state index contributed by atoms with van der Waals surface area (Å²) in [5.41, 5.74) is 3.13. The lowest BCUT2D eigenvalue weighted by Crippen LogP contribution is -2.28. The van der Waals surface area contributed by atoms with Crippen LogP contribution in [0, 0.1) is 12.8 Å². The van der Waals surface area contributed by atoms with Gasteiger partial charge in [-0.3, -0.25) is 4.79 Å². The molecule has 1 saturated carbocycles. The average Bonchev–Trinajstić information content (AvgIpc) is 3.48. The number of amides is 3. The SMILES string of the molecule is Cc1ccc(NC(=O)C2CC2)cc1NC(=O)NCc1ccc(C(=O)O)cc1. The standard InChI is InChI=1S/C20H21N3O4/c1-12-2-9-16(22-18(24)14-7-8-14)10-17(12)23-20(27)21-11-13-3-5-15(6-4-13)19(25)26/h2-6,9-10,14H,7-8,11H2,1H3,(H,22,24)(H,25,26)(H2,21,23,27). The van der Waals surface area contributed by atoms with Gasteiger partial charge in [0.1, 0.15) is 0 Å². The molecule has 0 atom stereocenters. The van der Waals surface area contributed by atoms with Gasteiger partial charge in [-0.15, -0.1) is 0 Å². The second-order valence-corrected chi connectivity index (χ2v) is 6.60. The Labute approximate surface area is 156 Å². The van der Waals surface area contributed by atoms with E-state index >= 15 is 0 Å². The van der Waals surface area contributed by atoms with Crippen LogP contribution in [0.15, 0.2) is 42.5 Å². The van der Waals surface area contributed by atoms with Crippen LogP contribution < -0.4 is 16.0 Å². The molecule has 0 heterocycles. The van der Waals surface area contributed by atoms with Gasteiger partial charge in [0.25, 0.3) is 0 Å². The average molecular weight is 367 g/mol. The first-order chi connectivity index (χ1) is 12.9. The molecule has 3 amide bonds. The number of rotatable bonds is 6. The third-order valence-corrected chi connectivity index (χ3v) is 4.36. The third-order valence-electron chi connectivity index (χ3n) is 4.36. The van der Waals surface area contributed by atoms with Crippen molar-refractivity contribution in [2.24, 2.45) is 5.92 Å². The lowest BCUT2D eigenvalue weighted by Gasteiger charge is -2.12. The molecule has 0 aliphatic heterocycles. The molecular formula is C20H21N3O4. The molecule has 1 fully saturated rings.